The van der Waals surface area contributed by atoms with Gasteiger partial charge in [-0.1, -0.05) is 11.6 Å². The molecule has 0 saturated carbocycles. The molecule has 2 aromatic heterocycles. The van der Waals surface area contributed by atoms with Crippen LogP contribution in [-0.2, 0) is 11.3 Å². The molecule has 3 rings (SSSR count). The summed E-state index contributed by atoms with van der Waals surface area (Å²) in [6, 6.07) is 1.91. The zero-order valence-electron chi connectivity index (χ0n) is 10.3. The van der Waals surface area contributed by atoms with E-state index in [0.717, 1.165) is 25.5 Å². The highest BCUT2D eigenvalue weighted by molar-refractivity contribution is 6.29. The second kappa shape index (κ2) is 5.54. The summed E-state index contributed by atoms with van der Waals surface area (Å²) in [6.07, 6.45) is 7.05. The Morgan fingerprint density at radius 2 is 2.37 bits per heavy atom. The Kier molecular flexibility index (Phi) is 3.61. The normalized spacial score (nSPS) is 19.6. The molecule has 0 aliphatic carbocycles. The molecule has 3 heterocycles. The van der Waals surface area contributed by atoms with Crippen LogP contribution in [0, 0.1) is 0 Å². The van der Waals surface area contributed by atoms with Crippen molar-refractivity contribution in [3.05, 3.63) is 36.0 Å². The molecule has 2 aromatic rings. The van der Waals surface area contributed by atoms with E-state index in [9.17, 15) is 0 Å². The second-order valence-corrected chi connectivity index (χ2v) is 4.75. The summed E-state index contributed by atoms with van der Waals surface area (Å²) in [5.41, 5.74) is 0. The van der Waals surface area contributed by atoms with Crippen molar-refractivity contribution in [1.29, 1.82) is 0 Å². The molecular weight excluding hydrogens is 266 g/mol. The molecule has 1 aliphatic rings. The average molecular weight is 280 g/mol. The van der Waals surface area contributed by atoms with Crippen molar-refractivity contribution in [2.45, 2.75) is 12.6 Å². The monoisotopic (exact) mass is 279 g/mol. The Morgan fingerprint density at radius 3 is 3.16 bits per heavy atom. The molecule has 19 heavy (non-hydrogen) atoms. The van der Waals surface area contributed by atoms with Gasteiger partial charge in [-0.2, -0.15) is 5.10 Å². The van der Waals surface area contributed by atoms with Crippen LogP contribution in [-0.4, -0.2) is 45.5 Å². The van der Waals surface area contributed by atoms with Crippen LogP contribution in [0.5, 0.6) is 0 Å². The van der Waals surface area contributed by atoms with E-state index in [1.807, 2.05) is 16.9 Å². The fourth-order valence-electron chi connectivity index (χ4n) is 2.14. The highest BCUT2D eigenvalue weighted by atomic mass is 35.5. The molecule has 7 heteroatoms. The number of anilines is 1. The lowest BCUT2D eigenvalue weighted by atomic mass is 10.2. The third-order valence-corrected chi connectivity index (χ3v) is 3.19. The fraction of sp³-hybridized carbons (Fsp3) is 0.417. The summed E-state index contributed by atoms with van der Waals surface area (Å²) < 4.78 is 7.62. The molecule has 0 N–H and O–H groups in total. The molecule has 1 fully saturated rings. The van der Waals surface area contributed by atoms with Crippen LogP contribution in [0.2, 0.25) is 5.15 Å². The third kappa shape index (κ3) is 3.02. The predicted octanol–water partition coefficient (Wildman–Crippen LogP) is 1.23. The summed E-state index contributed by atoms with van der Waals surface area (Å²) in [6.45, 7) is 2.96. The Labute approximate surface area is 116 Å². The summed E-state index contributed by atoms with van der Waals surface area (Å²) in [7, 11) is 0. The van der Waals surface area contributed by atoms with Gasteiger partial charge in [0, 0.05) is 25.5 Å². The van der Waals surface area contributed by atoms with Crippen LogP contribution in [0.1, 0.15) is 0 Å². The average Bonchev–Trinajstić information content (AvgIpc) is 2.92. The van der Waals surface area contributed by atoms with Crippen LogP contribution in [0.3, 0.4) is 0 Å². The van der Waals surface area contributed by atoms with E-state index >= 15 is 0 Å². The number of morpholine rings is 1. The van der Waals surface area contributed by atoms with Gasteiger partial charge in [0.25, 0.3) is 0 Å². The number of rotatable bonds is 3. The number of hydrogen-bond acceptors (Lipinski definition) is 5. The summed E-state index contributed by atoms with van der Waals surface area (Å²) >= 11 is 5.87. The van der Waals surface area contributed by atoms with E-state index in [2.05, 4.69) is 20.0 Å². The minimum absolute atomic E-state index is 0.0921. The van der Waals surface area contributed by atoms with Gasteiger partial charge in [-0.25, -0.2) is 4.98 Å². The van der Waals surface area contributed by atoms with Gasteiger partial charge < -0.3 is 9.64 Å². The van der Waals surface area contributed by atoms with Gasteiger partial charge in [0.2, 0.25) is 0 Å². The number of ether oxygens (including phenoxy) is 1. The minimum atomic E-state index is 0.0921. The van der Waals surface area contributed by atoms with Crippen molar-refractivity contribution in [2.24, 2.45) is 0 Å². The largest absolute Gasteiger partial charge is 0.373 e. The SMILES string of the molecule is Clc1cncc(N2CCOC(Cn3cccn3)C2)n1. The van der Waals surface area contributed by atoms with Crippen LogP contribution in [0.25, 0.3) is 0 Å². The van der Waals surface area contributed by atoms with Gasteiger partial charge in [-0.05, 0) is 6.07 Å². The highest BCUT2D eigenvalue weighted by Gasteiger charge is 2.22. The zero-order valence-corrected chi connectivity index (χ0v) is 11.1. The summed E-state index contributed by atoms with van der Waals surface area (Å²) in [4.78, 5) is 10.5. The molecule has 0 aromatic carbocycles. The van der Waals surface area contributed by atoms with E-state index < -0.39 is 0 Å². The van der Waals surface area contributed by atoms with Crippen molar-refractivity contribution in [3.8, 4) is 0 Å². The summed E-state index contributed by atoms with van der Waals surface area (Å²) in [5.74, 6) is 0.793. The first-order valence-electron chi connectivity index (χ1n) is 6.13. The lowest BCUT2D eigenvalue weighted by Crippen LogP contribution is -2.44. The quantitative estimate of drug-likeness (QED) is 0.846. The standard InChI is InChI=1S/C12H14ClN5O/c13-11-6-14-7-12(16-11)17-4-5-19-10(8-17)9-18-3-1-2-15-18/h1-3,6-7,10H,4-5,8-9H2. The first-order chi connectivity index (χ1) is 9.31. The Balaban J connectivity index is 1.67. The molecule has 0 bridgehead atoms. The number of aromatic nitrogens is 4. The van der Waals surface area contributed by atoms with Gasteiger partial charge in [-0.3, -0.25) is 9.67 Å². The Bertz CT molecular complexity index is 533. The van der Waals surface area contributed by atoms with Crippen molar-refractivity contribution in [3.63, 3.8) is 0 Å². The topological polar surface area (TPSA) is 56.1 Å². The molecule has 1 unspecified atom stereocenters. The zero-order chi connectivity index (χ0) is 13.1. The van der Waals surface area contributed by atoms with Gasteiger partial charge in [-0.15, -0.1) is 0 Å². The smallest absolute Gasteiger partial charge is 0.149 e. The maximum atomic E-state index is 5.87. The molecule has 0 amide bonds. The van der Waals surface area contributed by atoms with Crippen LogP contribution < -0.4 is 4.90 Å². The molecule has 0 spiro atoms. The Morgan fingerprint density at radius 1 is 1.42 bits per heavy atom. The van der Waals surface area contributed by atoms with Crippen LogP contribution >= 0.6 is 11.6 Å². The second-order valence-electron chi connectivity index (χ2n) is 4.37. The number of nitrogens with zero attached hydrogens (tertiary/aromatic N) is 5. The first-order valence-corrected chi connectivity index (χ1v) is 6.50. The number of hydrogen-bond donors (Lipinski definition) is 0. The van der Waals surface area contributed by atoms with Crippen molar-refractivity contribution < 1.29 is 4.74 Å². The van der Waals surface area contributed by atoms with Gasteiger partial charge >= 0.3 is 0 Å². The van der Waals surface area contributed by atoms with E-state index in [1.165, 1.54) is 6.20 Å². The molecule has 1 atom stereocenters. The van der Waals surface area contributed by atoms with E-state index in [4.69, 9.17) is 16.3 Å². The van der Waals surface area contributed by atoms with Crippen LogP contribution in [0.4, 0.5) is 5.82 Å². The molecule has 100 valence electrons. The van der Waals surface area contributed by atoms with Gasteiger partial charge in [0.15, 0.2) is 0 Å². The van der Waals surface area contributed by atoms with Gasteiger partial charge in [0.1, 0.15) is 11.0 Å². The lowest BCUT2D eigenvalue weighted by Gasteiger charge is -2.33. The van der Waals surface area contributed by atoms with E-state index in [-0.39, 0.29) is 6.10 Å². The van der Waals surface area contributed by atoms with E-state index in [1.54, 1.807) is 12.4 Å². The highest BCUT2D eigenvalue weighted by Crippen LogP contribution is 2.16. The lowest BCUT2D eigenvalue weighted by molar-refractivity contribution is 0.0271. The maximum Gasteiger partial charge on any atom is 0.149 e. The first kappa shape index (κ1) is 12.4. The molecule has 0 radical (unpaired) electrons. The van der Waals surface area contributed by atoms with Crippen molar-refractivity contribution in [1.82, 2.24) is 19.7 Å². The summed E-state index contributed by atoms with van der Waals surface area (Å²) in [5, 5.41) is 4.60. The van der Waals surface area contributed by atoms with Crippen molar-refractivity contribution in [2.75, 3.05) is 24.6 Å². The minimum Gasteiger partial charge on any atom is -0.373 e. The Hall–Kier alpha value is -1.66. The fourth-order valence-corrected chi connectivity index (χ4v) is 2.28. The van der Waals surface area contributed by atoms with Gasteiger partial charge in [0.05, 0.1) is 31.6 Å². The van der Waals surface area contributed by atoms with Crippen LogP contribution in [0.15, 0.2) is 30.9 Å². The van der Waals surface area contributed by atoms with Crippen molar-refractivity contribution >= 4 is 17.4 Å². The third-order valence-electron chi connectivity index (χ3n) is 3.01. The number of halogens is 1. The van der Waals surface area contributed by atoms with E-state index in [0.29, 0.717) is 11.8 Å². The molecule has 6 nitrogen and oxygen atoms in total. The maximum absolute atomic E-state index is 5.87. The molecule has 1 saturated heterocycles. The molecule has 1 aliphatic heterocycles. The predicted molar refractivity (Wildman–Crippen MR) is 71.2 cm³/mol. The molecular formula is C12H14ClN5O.